The van der Waals surface area contributed by atoms with Crippen molar-refractivity contribution in [2.24, 2.45) is 13.0 Å². The maximum atomic E-state index is 12.9. The minimum absolute atomic E-state index is 0.0413. The number of nitrogens with zero attached hydrogens (tertiary/aromatic N) is 3. The van der Waals surface area contributed by atoms with E-state index >= 15 is 0 Å². The number of carbonyl (C=O) groups is 2. The molecule has 2 amide bonds. The monoisotopic (exact) mass is 573 g/mol. The van der Waals surface area contributed by atoms with Gasteiger partial charge in [-0.15, -0.1) is 10.2 Å². The van der Waals surface area contributed by atoms with Crippen LogP contribution < -0.4 is 10.6 Å². The summed E-state index contributed by atoms with van der Waals surface area (Å²) in [5.74, 6) is -0.322. The number of thioether (sulfide) groups is 1. The summed E-state index contributed by atoms with van der Waals surface area (Å²) in [6.07, 6.45) is -3.95. The van der Waals surface area contributed by atoms with E-state index in [1.807, 2.05) is 13.8 Å². The Bertz CT molecular complexity index is 1280. The second-order valence-corrected chi connectivity index (χ2v) is 10.4. The maximum Gasteiger partial charge on any atom is 0.416 e. The van der Waals surface area contributed by atoms with Crippen LogP contribution in [0.1, 0.15) is 48.1 Å². The second kappa shape index (κ2) is 12.2. The van der Waals surface area contributed by atoms with Gasteiger partial charge in [-0.3, -0.25) is 9.59 Å². The fourth-order valence-electron chi connectivity index (χ4n) is 3.47. The Morgan fingerprint density at radius 2 is 1.84 bits per heavy atom. The molecule has 3 aromatic rings. The minimum atomic E-state index is -4.51. The standard InChI is InChI=1S/C24H24Cl2F3N5O2S/c1-13(2)9-19(31-22(36)17-8-7-15(25)11-18(17)26)21-32-33-23(34(21)3)37-12-20(35)30-16-6-4-5-14(10-16)24(27,28)29/h4-8,10-11,13,19H,9,12H2,1-3H3,(H,30,35)(H,31,36)/t19-/m0/s1. The molecule has 2 N–H and O–H groups in total. The highest BCUT2D eigenvalue weighted by molar-refractivity contribution is 7.99. The van der Waals surface area contributed by atoms with Gasteiger partial charge >= 0.3 is 6.18 Å². The Hall–Kier alpha value is -2.76. The predicted octanol–water partition coefficient (Wildman–Crippen LogP) is 6.39. The van der Waals surface area contributed by atoms with E-state index in [9.17, 15) is 22.8 Å². The molecule has 1 aromatic heterocycles. The third-order valence-corrected chi connectivity index (χ3v) is 6.74. The first-order chi connectivity index (χ1) is 17.3. The molecule has 1 heterocycles. The summed E-state index contributed by atoms with van der Waals surface area (Å²) in [5.41, 5.74) is -0.545. The Labute approximate surface area is 226 Å². The van der Waals surface area contributed by atoms with E-state index in [0.717, 1.165) is 23.9 Å². The molecule has 0 aliphatic rings. The summed E-state index contributed by atoms with van der Waals surface area (Å²) in [7, 11) is 1.71. The summed E-state index contributed by atoms with van der Waals surface area (Å²) in [4.78, 5) is 25.3. The van der Waals surface area contributed by atoms with Crippen molar-refractivity contribution in [2.45, 2.75) is 37.6 Å². The highest BCUT2D eigenvalue weighted by Gasteiger charge is 2.30. The van der Waals surface area contributed by atoms with E-state index in [4.69, 9.17) is 23.2 Å². The van der Waals surface area contributed by atoms with Crippen molar-refractivity contribution < 1.29 is 22.8 Å². The lowest BCUT2D eigenvalue weighted by molar-refractivity contribution is -0.137. The van der Waals surface area contributed by atoms with E-state index in [1.54, 1.807) is 17.7 Å². The molecule has 2 aromatic carbocycles. The number of aromatic nitrogens is 3. The van der Waals surface area contributed by atoms with Gasteiger partial charge < -0.3 is 15.2 Å². The Kier molecular flexibility index (Phi) is 9.49. The van der Waals surface area contributed by atoms with E-state index in [1.165, 1.54) is 24.3 Å². The van der Waals surface area contributed by atoms with Crippen molar-refractivity contribution in [2.75, 3.05) is 11.1 Å². The molecule has 3 rings (SSSR count). The summed E-state index contributed by atoms with van der Waals surface area (Å²) in [5, 5.41) is 14.8. The molecule has 37 heavy (non-hydrogen) atoms. The molecule has 0 radical (unpaired) electrons. The topological polar surface area (TPSA) is 88.9 Å². The van der Waals surface area contributed by atoms with Crippen LogP contribution in [0.4, 0.5) is 18.9 Å². The van der Waals surface area contributed by atoms with Crippen molar-refractivity contribution in [3.8, 4) is 0 Å². The molecular weight excluding hydrogens is 550 g/mol. The maximum absolute atomic E-state index is 12.9. The molecule has 0 unspecified atom stereocenters. The van der Waals surface area contributed by atoms with Gasteiger partial charge in [0.15, 0.2) is 11.0 Å². The zero-order chi connectivity index (χ0) is 27.3. The highest BCUT2D eigenvalue weighted by Crippen LogP contribution is 2.31. The zero-order valence-corrected chi connectivity index (χ0v) is 22.4. The molecule has 0 aliphatic carbocycles. The molecular formula is C24H24Cl2F3N5O2S. The van der Waals surface area contributed by atoms with E-state index in [-0.39, 0.29) is 27.9 Å². The van der Waals surface area contributed by atoms with Gasteiger partial charge in [0.1, 0.15) is 0 Å². The molecule has 0 saturated heterocycles. The molecule has 0 spiro atoms. The Balaban J connectivity index is 1.69. The number of hydrogen-bond donors (Lipinski definition) is 2. The first kappa shape index (κ1) is 28.8. The van der Waals surface area contributed by atoms with Crippen LogP contribution in [0.2, 0.25) is 10.0 Å². The predicted molar refractivity (Wildman–Crippen MR) is 138 cm³/mol. The second-order valence-electron chi connectivity index (χ2n) is 8.59. The smallest absolute Gasteiger partial charge is 0.342 e. The van der Waals surface area contributed by atoms with Gasteiger partial charge in [-0.25, -0.2) is 0 Å². The van der Waals surface area contributed by atoms with Gasteiger partial charge in [0.05, 0.1) is 27.9 Å². The van der Waals surface area contributed by atoms with Gasteiger partial charge in [0.2, 0.25) is 5.91 Å². The summed E-state index contributed by atoms with van der Waals surface area (Å²) in [6.45, 7) is 4.00. The summed E-state index contributed by atoms with van der Waals surface area (Å²) < 4.78 is 40.4. The van der Waals surface area contributed by atoms with Gasteiger partial charge in [-0.1, -0.05) is 54.9 Å². The van der Waals surface area contributed by atoms with Crippen molar-refractivity contribution in [1.29, 1.82) is 0 Å². The average molecular weight is 574 g/mol. The number of nitrogens with one attached hydrogen (secondary N) is 2. The molecule has 0 fully saturated rings. The SMILES string of the molecule is CC(C)C[C@H](NC(=O)c1ccc(Cl)cc1Cl)c1nnc(SCC(=O)Nc2cccc(C(F)(F)F)c2)n1C. The van der Waals surface area contributed by atoms with Crippen LogP contribution in [0.25, 0.3) is 0 Å². The summed E-state index contributed by atoms with van der Waals surface area (Å²) >= 11 is 13.2. The lowest BCUT2D eigenvalue weighted by atomic mass is 10.0. The number of halogens is 5. The van der Waals surface area contributed by atoms with Crippen LogP contribution in [0.15, 0.2) is 47.6 Å². The molecule has 0 aliphatic heterocycles. The van der Waals surface area contributed by atoms with Crippen LogP contribution in [-0.4, -0.2) is 32.3 Å². The molecule has 1 atom stereocenters. The van der Waals surface area contributed by atoms with Crippen LogP contribution >= 0.6 is 35.0 Å². The number of amides is 2. The lowest BCUT2D eigenvalue weighted by Gasteiger charge is -2.20. The van der Waals surface area contributed by atoms with Crippen molar-refractivity contribution in [3.05, 3.63) is 69.5 Å². The average Bonchev–Trinajstić information content (AvgIpc) is 3.16. The Morgan fingerprint density at radius 1 is 1.11 bits per heavy atom. The first-order valence-electron chi connectivity index (χ1n) is 11.1. The number of benzene rings is 2. The van der Waals surface area contributed by atoms with Crippen molar-refractivity contribution in [1.82, 2.24) is 20.1 Å². The van der Waals surface area contributed by atoms with Gasteiger partial charge in [-0.05, 0) is 48.7 Å². The lowest BCUT2D eigenvalue weighted by Crippen LogP contribution is -2.31. The van der Waals surface area contributed by atoms with E-state index in [2.05, 4.69) is 20.8 Å². The normalized spacial score (nSPS) is 12.5. The number of hydrogen-bond acceptors (Lipinski definition) is 5. The molecule has 198 valence electrons. The number of rotatable bonds is 9. The largest absolute Gasteiger partial charge is 0.416 e. The quantitative estimate of drug-likeness (QED) is 0.289. The van der Waals surface area contributed by atoms with Crippen molar-refractivity contribution >= 4 is 52.5 Å². The van der Waals surface area contributed by atoms with Crippen LogP contribution in [0.5, 0.6) is 0 Å². The molecule has 0 saturated carbocycles. The first-order valence-corrected chi connectivity index (χ1v) is 12.8. The fourth-order valence-corrected chi connectivity index (χ4v) is 4.68. The number of alkyl halides is 3. The molecule has 13 heteroatoms. The third-order valence-electron chi connectivity index (χ3n) is 5.17. The fraction of sp³-hybridized carbons (Fsp3) is 0.333. The van der Waals surface area contributed by atoms with E-state index < -0.39 is 29.6 Å². The van der Waals surface area contributed by atoms with Crippen LogP contribution in [0.3, 0.4) is 0 Å². The third kappa shape index (κ3) is 7.86. The highest BCUT2D eigenvalue weighted by atomic mass is 35.5. The van der Waals surface area contributed by atoms with Gasteiger partial charge in [-0.2, -0.15) is 13.2 Å². The van der Waals surface area contributed by atoms with Crippen molar-refractivity contribution in [3.63, 3.8) is 0 Å². The summed E-state index contributed by atoms with van der Waals surface area (Å²) in [6, 6.07) is 8.50. The number of carbonyl (C=O) groups excluding carboxylic acids is 2. The van der Waals surface area contributed by atoms with Gasteiger partial charge in [0, 0.05) is 17.8 Å². The van der Waals surface area contributed by atoms with Crippen LogP contribution in [0, 0.1) is 5.92 Å². The van der Waals surface area contributed by atoms with Gasteiger partial charge in [0.25, 0.3) is 5.91 Å². The van der Waals surface area contributed by atoms with Crippen LogP contribution in [-0.2, 0) is 18.0 Å². The minimum Gasteiger partial charge on any atom is -0.342 e. The zero-order valence-electron chi connectivity index (χ0n) is 20.1. The van der Waals surface area contributed by atoms with E-state index in [0.29, 0.717) is 22.4 Å². The molecule has 7 nitrogen and oxygen atoms in total. The Morgan fingerprint density at radius 3 is 2.49 bits per heavy atom. The molecule has 0 bridgehead atoms. The number of anilines is 1.